The number of ketones is 1. The lowest BCUT2D eigenvalue weighted by Gasteiger charge is -2.22. The number of ether oxygens (including phenoxy) is 1. The molecule has 0 aromatic heterocycles. The summed E-state index contributed by atoms with van der Waals surface area (Å²) in [5.41, 5.74) is 1.21. The van der Waals surface area contributed by atoms with Crippen LogP contribution in [0.3, 0.4) is 0 Å². The van der Waals surface area contributed by atoms with Crippen LogP contribution in [0.5, 0.6) is 5.75 Å². The van der Waals surface area contributed by atoms with Crippen molar-refractivity contribution >= 4 is 17.5 Å². The molecule has 0 saturated heterocycles. The maximum Gasteiger partial charge on any atom is 0.173 e. The third-order valence-electron chi connectivity index (χ3n) is 3.14. The van der Waals surface area contributed by atoms with E-state index in [1.54, 1.807) is 11.8 Å². The van der Waals surface area contributed by atoms with Crippen LogP contribution in [0.25, 0.3) is 0 Å². The van der Waals surface area contributed by atoms with Gasteiger partial charge in [0, 0.05) is 11.3 Å². The van der Waals surface area contributed by atoms with Gasteiger partial charge in [0.15, 0.2) is 11.9 Å². The van der Waals surface area contributed by atoms with Gasteiger partial charge in [-0.1, -0.05) is 0 Å². The van der Waals surface area contributed by atoms with Gasteiger partial charge >= 0.3 is 0 Å². The van der Waals surface area contributed by atoms with Gasteiger partial charge in [-0.2, -0.15) is 0 Å². The fourth-order valence-corrected chi connectivity index (χ4v) is 2.75. The highest BCUT2D eigenvalue weighted by molar-refractivity contribution is 7.98. The van der Waals surface area contributed by atoms with Crippen LogP contribution in [-0.2, 0) is 4.79 Å². The molecular weight excluding hydrogens is 232 g/mol. The zero-order valence-corrected chi connectivity index (χ0v) is 11.2. The van der Waals surface area contributed by atoms with Crippen molar-refractivity contribution in [2.45, 2.75) is 43.6 Å². The van der Waals surface area contributed by atoms with Crippen molar-refractivity contribution in [1.29, 1.82) is 0 Å². The molecule has 1 aliphatic rings. The standard InChI is InChI=1S/C14H18O2S/c1-10-9-11(7-8-14(10)17-2)16-13-6-4-3-5-12(13)15/h7-9,13H,3-6H2,1-2H3. The SMILES string of the molecule is CSc1ccc(OC2CCCCC2=O)cc1C. The molecular formula is C14H18O2S. The monoisotopic (exact) mass is 250 g/mol. The number of thioether (sulfide) groups is 1. The van der Waals surface area contributed by atoms with Gasteiger partial charge in [-0.25, -0.2) is 0 Å². The molecule has 0 heterocycles. The molecule has 1 aliphatic carbocycles. The first-order valence-electron chi connectivity index (χ1n) is 6.04. The highest BCUT2D eigenvalue weighted by Crippen LogP contribution is 2.26. The molecule has 1 aromatic carbocycles. The van der Waals surface area contributed by atoms with E-state index in [1.165, 1.54) is 10.5 Å². The second-order valence-electron chi connectivity index (χ2n) is 4.45. The first-order chi connectivity index (χ1) is 8.20. The molecule has 1 atom stereocenters. The molecule has 0 bridgehead atoms. The molecule has 1 aromatic rings. The van der Waals surface area contributed by atoms with E-state index in [4.69, 9.17) is 4.74 Å². The number of rotatable bonds is 3. The van der Waals surface area contributed by atoms with Gasteiger partial charge in [-0.15, -0.1) is 11.8 Å². The summed E-state index contributed by atoms with van der Waals surface area (Å²) in [7, 11) is 0. The summed E-state index contributed by atoms with van der Waals surface area (Å²) in [4.78, 5) is 12.9. The molecule has 17 heavy (non-hydrogen) atoms. The van der Waals surface area contributed by atoms with Crippen LogP contribution in [0.4, 0.5) is 0 Å². The van der Waals surface area contributed by atoms with Crippen molar-refractivity contribution in [2.24, 2.45) is 0 Å². The van der Waals surface area contributed by atoms with E-state index in [1.807, 2.05) is 12.1 Å². The van der Waals surface area contributed by atoms with Crippen LogP contribution < -0.4 is 4.74 Å². The molecule has 0 radical (unpaired) electrons. The van der Waals surface area contributed by atoms with Crippen molar-refractivity contribution in [3.8, 4) is 5.75 Å². The van der Waals surface area contributed by atoms with Crippen molar-refractivity contribution < 1.29 is 9.53 Å². The Morgan fingerprint density at radius 2 is 2.18 bits per heavy atom. The minimum atomic E-state index is -0.219. The van der Waals surface area contributed by atoms with E-state index in [-0.39, 0.29) is 11.9 Å². The van der Waals surface area contributed by atoms with Gasteiger partial charge in [-0.3, -0.25) is 4.79 Å². The fourth-order valence-electron chi connectivity index (χ4n) is 2.16. The van der Waals surface area contributed by atoms with E-state index >= 15 is 0 Å². The molecule has 2 nitrogen and oxygen atoms in total. The number of Topliss-reactive ketones (excluding diaryl/α,β-unsaturated/α-hetero) is 1. The lowest BCUT2D eigenvalue weighted by molar-refractivity contribution is -0.127. The van der Waals surface area contributed by atoms with Gasteiger partial charge < -0.3 is 4.74 Å². The van der Waals surface area contributed by atoms with Gasteiger partial charge in [-0.05, 0) is 56.2 Å². The summed E-state index contributed by atoms with van der Waals surface area (Å²) in [5.74, 6) is 1.07. The molecule has 2 rings (SSSR count). The van der Waals surface area contributed by atoms with Crippen LogP contribution in [0.1, 0.15) is 31.2 Å². The zero-order chi connectivity index (χ0) is 12.3. The summed E-state index contributed by atoms with van der Waals surface area (Å²) in [5, 5.41) is 0. The predicted octanol–water partition coefficient (Wildman–Crippen LogP) is 3.61. The molecule has 0 spiro atoms. The Bertz CT molecular complexity index is 415. The Morgan fingerprint density at radius 3 is 2.82 bits per heavy atom. The Labute approximate surface area is 107 Å². The lowest BCUT2D eigenvalue weighted by atomic mass is 9.96. The van der Waals surface area contributed by atoms with Crippen LogP contribution in [0, 0.1) is 6.92 Å². The summed E-state index contributed by atoms with van der Waals surface area (Å²) >= 11 is 1.73. The largest absolute Gasteiger partial charge is 0.483 e. The number of benzene rings is 1. The fraction of sp³-hybridized carbons (Fsp3) is 0.500. The Kier molecular flexibility index (Phi) is 4.11. The average molecular weight is 250 g/mol. The second kappa shape index (κ2) is 5.58. The molecule has 0 aliphatic heterocycles. The number of aryl methyl sites for hydroxylation is 1. The molecule has 3 heteroatoms. The van der Waals surface area contributed by atoms with E-state index in [0.717, 1.165) is 25.0 Å². The average Bonchev–Trinajstić information content (AvgIpc) is 2.32. The quantitative estimate of drug-likeness (QED) is 0.767. The van der Waals surface area contributed by atoms with Gasteiger partial charge in [0.05, 0.1) is 0 Å². The third kappa shape index (κ3) is 3.03. The van der Waals surface area contributed by atoms with Gasteiger partial charge in [0.2, 0.25) is 0 Å². The maximum atomic E-state index is 11.7. The normalized spacial score (nSPS) is 20.4. The van der Waals surface area contributed by atoms with Crippen LogP contribution in [-0.4, -0.2) is 18.1 Å². The highest BCUT2D eigenvalue weighted by Gasteiger charge is 2.23. The molecule has 1 saturated carbocycles. The summed E-state index contributed by atoms with van der Waals surface area (Å²) in [6.45, 7) is 2.07. The number of carbonyl (C=O) groups excluding carboxylic acids is 1. The number of hydrogen-bond acceptors (Lipinski definition) is 3. The third-order valence-corrected chi connectivity index (χ3v) is 4.04. The van der Waals surface area contributed by atoms with Crippen LogP contribution in [0.15, 0.2) is 23.1 Å². The van der Waals surface area contributed by atoms with Crippen molar-refractivity contribution in [3.05, 3.63) is 23.8 Å². The highest BCUT2D eigenvalue weighted by atomic mass is 32.2. The first-order valence-corrected chi connectivity index (χ1v) is 7.27. The number of hydrogen-bond donors (Lipinski definition) is 0. The molecule has 0 amide bonds. The van der Waals surface area contributed by atoms with Crippen LogP contribution in [0.2, 0.25) is 0 Å². The predicted molar refractivity (Wildman–Crippen MR) is 70.9 cm³/mol. The Morgan fingerprint density at radius 1 is 1.35 bits per heavy atom. The Hall–Kier alpha value is -0.960. The van der Waals surface area contributed by atoms with Gasteiger partial charge in [0.25, 0.3) is 0 Å². The summed E-state index contributed by atoms with van der Waals surface area (Å²) in [6, 6.07) is 6.04. The van der Waals surface area contributed by atoms with E-state index in [2.05, 4.69) is 19.2 Å². The summed E-state index contributed by atoms with van der Waals surface area (Å²) in [6.07, 6.45) is 5.49. The minimum Gasteiger partial charge on any atom is -0.483 e. The van der Waals surface area contributed by atoms with E-state index in [0.29, 0.717) is 6.42 Å². The van der Waals surface area contributed by atoms with Crippen molar-refractivity contribution in [2.75, 3.05) is 6.26 Å². The van der Waals surface area contributed by atoms with E-state index in [9.17, 15) is 4.79 Å². The van der Waals surface area contributed by atoms with Crippen molar-refractivity contribution in [3.63, 3.8) is 0 Å². The smallest absolute Gasteiger partial charge is 0.173 e. The molecule has 1 fully saturated rings. The van der Waals surface area contributed by atoms with Crippen molar-refractivity contribution in [1.82, 2.24) is 0 Å². The van der Waals surface area contributed by atoms with Crippen LogP contribution >= 0.6 is 11.8 Å². The first kappa shape index (κ1) is 12.5. The lowest BCUT2D eigenvalue weighted by Crippen LogP contribution is -2.30. The maximum absolute atomic E-state index is 11.7. The molecule has 92 valence electrons. The molecule has 1 unspecified atom stereocenters. The van der Waals surface area contributed by atoms with E-state index < -0.39 is 0 Å². The number of carbonyl (C=O) groups is 1. The summed E-state index contributed by atoms with van der Waals surface area (Å²) < 4.78 is 5.79. The molecule has 0 N–H and O–H groups in total. The Balaban J connectivity index is 2.07. The topological polar surface area (TPSA) is 26.3 Å². The minimum absolute atomic E-state index is 0.219. The van der Waals surface area contributed by atoms with Gasteiger partial charge in [0.1, 0.15) is 5.75 Å². The zero-order valence-electron chi connectivity index (χ0n) is 10.4. The second-order valence-corrected chi connectivity index (χ2v) is 5.30.